The quantitative estimate of drug-likeness (QED) is 0.225. The van der Waals surface area contributed by atoms with E-state index in [-0.39, 0.29) is 0 Å². The van der Waals surface area contributed by atoms with E-state index in [0.717, 1.165) is 65.6 Å². The number of nitrogens with zero attached hydrogens (tertiary/aromatic N) is 4. The number of hydrogen-bond donors (Lipinski definition) is 0. The second-order valence-corrected chi connectivity index (χ2v) is 10.5. The lowest BCUT2D eigenvalue weighted by Crippen LogP contribution is -2.06. The van der Waals surface area contributed by atoms with Crippen molar-refractivity contribution in [2.75, 3.05) is 0 Å². The Morgan fingerprint density at radius 2 is 1.02 bits per heavy atom. The third-order valence-electron chi connectivity index (χ3n) is 8.06. The summed E-state index contributed by atoms with van der Waals surface area (Å²) in [5.41, 5.74) is 5.60. The number of rotatable bonds is 3. The Hall–Kier alpha value is -5.81. The number of hydrogen-bond acceptors (Lipinski definition) is 4. The summed E-state index contributed by atoms with van der Waals surface area (Å²) in [7, 11) is 0. The zero-order chi connectivity index (χ0) is 27.6. The van der Waals surface area contributed by atoms with E-state index in [0.29, 0.717) is 17.6 Å². The van der Waals surface area contributed by atoms with Crippen LogP contribution in [0.15, 0.2) is 138 Å². The molecule has 0 unspecified atom stereocenters. The molecule has 0 aliphatic heterocycles. The normalized spacial score (nSPS) is 11.8. The molecule has 5 nitrogen and oxygen atoms in total. The molecule has 0 spiro atoms. The van der Waals surface area contributed by atoms with Crippen LogP contribution >= 0.6 is 0 Å². The molecule has 0 atom stereocenters. The second-order valence-electron chi connectivity index (χ2n) is 10.5. The van der Waals surface area contributed by atoms with Crippen molar-refractivity contribution >= 4 is 54.5 Å². The Morgan fingerprint density at radius 3 is 1.76 bits per heavy atom. The predicted octanol–water partition coefficient (Wildman–Crippen LogP) is 9.36. The van der Waals surface area contributed by atoms with Gasteiger partial charge in [0.25, 0.3) is 0 Å². The minimum atomic E-state index is 0.574. The molecular formula is C37H22N4O. The first kappa shape index (κ1) is 22.9. The van der Waals surface area contributed by atoms with E-state index in [1.807, 2.05) is 42.5 Å². The van der Waals surface area contributed by atoms with Gasteiger partial charge in [-0.3, -0.25) is 4.57 Å². The van der Waals surface area contributed by atoms with Crippen molar-refractivity contribution in [2.45, 2.75) is 0 Å². The molecule has 5 heteroatoms. The van der Waals surface area contributed by atoms with E-state index in [1.165, 1.54) is 0 Å². The molecule has 0 amide bonds. The van der Waals surface area contributed by atoms with Crippen molar-refractivity contribution in [2.24, 2.45) is 0 Å². The van der Waals surface area contributed by atoms with E-state index >= 15 is 0 Å². The third-order valence-corrected chi connectivity index (χ3v) is 8.06. The van der Waals surface area contributed by atoms with E-state index in [4.69, 9.17) is 19.4 Å². The zero-order valence-corrected chi connectivity index (χ0v) is 22.4. The molecule has 3 heterocycles. The summed E-state index contributed by atoms with van der Waals surface area (Å²) in [6.07, 6.45) is 0. The van der Waals surface area contributed by atoms with E-state index in [9.17, 15) is 0 Å². The summed E-state index contributed by atoms with van der Waals surface area (Å²) >= 11 is 0. The van der Waals surface area contributed by atoms with Gasteiger partial charge in [0.05, 0.1) is 11.0 Å². The summed E-state index contributed by atoms with van der Waals surface area (Å²) in [6, 6.07) is 45.6. The largest absolute Gasteiger partial charge is 0.456 e. The topological polar surface area (TPSA) is 56.7 Å². The van der Waals surface area contributed by atoms with Crippen LogP contribution in [-0.4, -0.2) is 19.5 Å². The highest BCUT2D eigenvalue weighted by Crippen LogP contribution is 2.40. The fourth-order valence-corrected chi connectivity index (χ4v) is 6.21. The lowest BCUT2D eigenvalue weighted by molar-refractivity contribution is 0.669. The molecule has 0 N–H and O–H groups in total. The first-order valence-corrected chi connectivity index (χ1v) is 14.0. The van der Waals surface area contributed by atoms with Crippen LogP contribution in [0.1, 0.15) is 0 Å². The van der Waals surface area contributed by atoms with E-state index in [2.05, 4.69) is 95.6 Å². The van der Waals surface area contributed by atoms with Gasteiger partial charge in [-0.1, -0.05) is 109 Å². The molecule has 6 aromatic carbocycles. The molecule has 9 aromatic rings. The van der Waals surface area contributed by atoms with Gasteiger partial charge in [-0.05, 0) is 35.0 Å². The summed E-state index contributed by atoms with van der Waals surface area (Å²) in [5.74, 6) is 1.79. The highest BCUT2D eigenvalue weighted by molar-refractivity contribution is 6.21. The maximum absolute atomic E-state index is 6.38. The highest BCUT2D eigenvalue weighted by Gasteiger charge is 2.20. The Balaban J connectivity index is 1.40. The Morgan fingerprint density at radius 1 is 0.452 bits per heavy atom. The van der Waals surface area contributed by atoms with Crippen LogP contribution in [0.2, 0.25) is 0 Å². The first-order chi connectivity index (χ1) is 20.8. The van der Waals surface area contributed by atoms with Crippen LogP contribution < -0.4 is 0 Å². The zero-order valence-electron chi connectivity index (χ0n) is 22.4. The number of fused-ring (bicyclic) bond motifs is 8. The van der Waals surface area contributed by atoms with Crippen molar-refractivity contribution < 1.29 is 4.42 Å². The smallest absolute Gasteiger partial charge is 0.238 e. The van der Waals surface area contributed by atoms with Crippen LogP contribution in [0.4, 0.5) is 0 Å². The molecule has 0 saturated carbocycles. The van der Waals surface area contributed by atoms with Crippen molar-refractivity contribution in [3.8, 4) is 28.7 Å². The average Bonchev–Trinajstić information content (AvgIpc) is 3.60. The molecule has 9 rings (SSSR count). The third kappa shape index (κ3) is 3.34. The van der Waals surface area contributed by atoms with Gasteiger partial charge >= 0.3 is 0 Å². The van der Waals surface area contributed by atoms with Crippen LogP contribution in [-0.2, 0) is 0 Å². The number of para-hydroxylation sites is 3. The molecule has 0 aliphatic carbocycles. The van der Waals surface area contributed by atoms with Gasteiger partial charge in [0, 0.05) is 32.7 Å². The van der Waals surface area contributed by atoms with E-state index in [1.54, 1.807) is 0 Å². The van der Waals surface area contributed by atoms with Gasteiger partial charge < -0.3 is 4.42 Å². The summed E-state index contributed by atoms with van der Waals surface area (Å²) in [5, 5.41) is 6.69. The molecular weight excluding hydrogens is 516 g/mol. The average molecular weight is 539 g/mol. The van der Waals surface area contributed by atoms with Crippen molar-refractivity contribution in [1.29, 1.82) is 0 Å². The molecule has 3 aromatic heterocycles. The van der Waals surface area contributed by atoms with Gasteiger partial charge in [-0.15, -0.1) is 0 Å². The van der Waals surface area contributed by atoms with Crippen LogP contribution in [0.25, 0.3) is 83.2 Å². The highest BCUT2D eigenvalue weighted by atomic mass is 16.3. The van der Waals surface area contributed by atoms with Gasteiger partial charge in [0.1, 0.15) is 11.2 Å². The van der Waals surface area contributed by atoms with Gasteiger partial charge in [0.15, 0.2) is 11.6 Å². The minimum Gasteiger partial charge on any atom is -0.456 e. The molecule has 0 radical (unpaired) electrons. The van der Waals surface area contributed by atoms with Crippen LogP contribution in [0.5, 0.6) is 0 Å². The lowest BCUT2D eigenvalue weighted by Gasteiger charge is -2.12. The van der Waals surface area contributed by atoms with Crippen LogP contribution in [0.3, 0.4) is 0 Å². The fraction of sp³-hybridized carbons (Fsp3) is 0. The standard InChI is InChI=1S/C37H22N4O/c1-2-12-23(13-3-1)35-38-36(40-37(39-35)41-30-19-9-6-15-25(30)26-16-7-10-20-31(26)41)29-22-33-34(27-17-5-4-14-24(27)29)28-18-8-11-21-32(28)42-33/h1-22H. The Labute approximate surface area is 240 Å². The maximum atomic E-state index is 6.38. The molecule has 0 aliphatic rings. The number of aromatic nitrogens is 4. The molecule has 0 saturated heterocycles. The van der Waals surface area contributed by atoms with Gasteiger partial charge in [0.2, 0.25) is 5.95 Å². The number of benzene rings is 6. The predicted molar refractivity (Wildman–Crippen MR) is 170 cm³/mol. The fourth-order valence-electron chi connectivity index (χ4n) is 6.21. The van der Waals surface area contributed by atoms with Crippen molar-refractivity contribution in [3.05, 3.63) is 133 Å². The first-order valence-electron chi connectivity index (χ1n) is 14.0. The van der Waals surface area contributed by atoms with Crippen molar-refractivity contribution in [1.82, 2.24) is 19.5 Å². The Bertz CT molecular complexity index is 2420. The summed E-state index contributed by atoms with van der Waals surface area (Å²) in [6.45, 7) is 0. The van der Waals surface area contributed by atoms with Gasteiger partial charge in [-0.2, -0.15) is 9.97 Å². The molecule has 0 fully saturated rings. The molecule has 42 heavy (non-hydrogen) atoms. The van der Waals surface area contributed by atoms with Crippen LogP contribution in [0, 0.1) is 0 Å². The van der Waals surface area contributed by atoms with Gasteiger partial charge in [-0.25, -0.2) is 4.98 Å². The summed E-state index contributed by atoms with van der Waals surface area (Å²) < 4.78 is 8.52. The van der Waals surface area contributed by atoms with Crippen molar-refractivity contribution in [3.63, 3.8) is 0 Å². The Kier molecular flexibility index (Phi) is 4.83. The van der Waals surface area contributed by atoms with E-state index < -0.39 is 0 Å². The molecule has 0 bridgehead atoms. The molecule has 196 valence electrons. The summed E-state index contributed by atoms with van der Waals surface area (Å²) in [4.78, 5) is 15.3. The monoisotopic (exact) mass is 538 g/mol. The minimum absolute atomic E-state index is 0.574. The second kappa shape index (κ2) is 8.85. The maximum Gasteiger partial charge on any atom is 0.238 e. The SMILES string of the molecule is c1ccc(-c2nc(-c3cc4oc5ccccc5c4c4ccccc34)nc(-n3c4ccccc4c4ccccc43)n2)cc1. The lowest BCUT2D eigenvalue weighted by atomic mass is 9.98. The number of furan rings is 1.